The number of hydrogen-bond donors (Lipinski definition) is 1. The molecule has 5 nitrogen and oxygen atoms in total. The highest BCUT2D eigenvalue weighted by Crippen LogP contribution is 2.35. The van der Waals surface area contributed by atoms with Crippen LogP contribution in [0.25, 0.3) is 32.3 Å². The quantitative estimate of drug-likeness (QED) is 0.367. The maximum atomic E-state index is 11.4. The highest BCUT2D eigenvalue weighted by molar-refractivity contribution is 7.17. The Hall–Kier alpha value is -3.35. The predicted octanol–water partition coefficient (Wildman–Crippen LogP) is 6.14. The summed E-state index contributed by atoms with van der Waals surface area (Å²) in [5.41, 5.74) is 6.92. The number of carboxylic acids is 1. The summed E-state index contributed by atoms with van der Waals surface area (Å²) >= 11 is 1.60. The number of benzene rings is 3. The van der Waals surface area contributed by atoms with Gasteiger partial charge in [-0.3, -0.25) is 9.69 Å². The van der Waals surface area contributed by atoms with Crippen LogP contribution >= 0.6 is 11.3 Å². The highest BCUT2D eigenvalue weighted by atomic mass is 32.1. The average Bonchev–Trinajstić information content (AvgIpc) is 3.35. The number of carbonyl (C=O) groups is 1. The lowest BCUT2D eigenvalue weighted by atomic mass is 9.97. The zero-order valence-corrected chi connectivity index (χ0v) is 20.0. The van der Waals surface area contributed by atoms with Gasteiger partial charge in [-0.05, 0) is 54.6 Å². The molecule has 3 aromatic carbocycles. The van der Waals surface area contributed by atoms with Crippen LogP contribution in [0, 0.1) is 12.8 Å². The lowest BCUT2D eigenvalue weighted by Crippen LogP contribution is -2.38. The van der Waals surface area contributed by atoms with E-state index in [-0.39, 0.29) is 5.92 Å². The van der Waals surface area contributed by atoms with E-state index in [4.69, 9.17) is 0 Å². The minimum atomic E-state index is -0.688. The largest absolute Gasteiger partial charge is 0.481 e. The van der Waals surface area contributed by atoms with Gasteiger partial charge in [0.25, 0.3) is 0 Å². The molecule has 172 valence electrons. The van der Waals surface area contributed by atoms with E-state index in [1.54, 1.807) is 11.3 Å². The normalized spacial score (nSPS) is 16.4. The molecule has 2 heterocycles. The van der Waals surface area contributed by atoms with Gasteiger partial charge in [0.2, 0.25) is 0 Å². The summed E-state index contributed by atoms with van der Waals surface area (Å²) < 4.78 is 0. The van der Waals surface area contributed by atoms with Gasteiger partial charge in [-0.2, -0.15) is 0 Å². The van der Waals surface area contributed by atoms with E-state index in [9.17, 15) is 9.90 Å². The van der Waals surface area contributed by atoms with E-state index in [0.29, 0.717) is 6.54 Å². The number of aliphatic carboxylic acids is 1. The van der Waals surface area contributed by atoms with Crippen LogP contribution in [0.15, 0.2) is 72.8 Å². The third-order valence-corrected chi connectivity index (χ3v) is 7.51. The second-order valence-electron chi connectivity index (χ2n) is 8.87. The molecular formula is C28H27N3O2S. The molecule has 6 heteroatoms. The van der Waals surface area contributed by atoms with Crippen molar-refractivity contribution in [2.75, 3.05) is 13.1 Å². The van der Waals surface area contributed by atoms with Gasteiger partial charge in [-0.15, -0.1) is 10.2 Å². The molecule has 5 rings (SSSR count). The molecule has 1 saturated heterocycles. The van der Waals surface area contributed by atoms with Crippen molar-refractivity contribution in [3.8, 4) is 32.3 Å². The molecule has 1 aliphatic heterocycles. The molecule has 0 unspecified atom stereocenters. The van der Waals surface area contributed by atoms with Crippen molar-refractivity contribution in [3.05, 3.63) is 83.9 Å². The summed E-state index contributed by atoms with van der Waals surface area (Å²) in [4.78, 5) is 13.6. The van der Waals surface area contributed by atoms with Gasteiger partial charge in [0.15, 0.2) is 0 Å². The number of piperidine rings is 1. The molecule has 1 aliphatic rings. The van der Waals surface area contributed by atoms with E-state index >= 15 is 0 Å². The number of rotatable bonds is 6. The zero-order valence-electron chi connectivity index (χ0n) is 19.1. The number of nitrogens with zero attached hydrogens (tertiary/aromatic N) is 3. The van der Waals surface area contributed by atoms with Crippen LogP contribution in [0.3, 0.4) is 0 Å². The second-order valence-corrected chi connectivity index (χ2v) is 9.85. The summed E-state index contributed by atoms with van der Waals surface area (Å²) in [5.74, 6) is -0.955. The highest BCUT2D eigenvalue weighted by Gasteiger charge is 2.25. The molecule has 0 aliphatic carbocycles. The van der Waals surface area contributed by atoms with Gasteiger partial charge in [0.05, 0.1) is 5.92 Å². The molecule has 0 amide bonds. The Balaban J connectivity index is 1.37. The van der Waals surface area contributed by atoms with Gasteiger partial charge < -0.3 is 5.11 Å². The Bertz CT molecular complexity index is 1300. The first-order valence-electron chi connectivity index (χ1n) is 11.6. The maximum absolute atomic E-state index is 11.4. The Morgan fingerprint density at radius 3 is 2.53 bits per heavy atom. The molecule has 34 heavy (non-hydrogen) atoms. The summed E-state index contributed by atoms with van der Waals surface area (Å²) in [7, 11) is 0. The molecule has 1 aromatic heterocycles. The van der Waals surface area contributed by atoms with Crippen LogP contribution in [0.1, 0.15) is 24.0 Å². The van der Waals surface area contributed by atoms with Crippen molar-refractivity contribution < 1.29 is 9.90 Å². The topological polar surface area (TPSA) is 66.3 Å². The fourth-order valence-corrected chi connectivity index (χ4v) is 5.63. The van der Waals surface area contributed by atoms with E-state index in [1.807, 2.05) is 12.1 Å². The summed E-state index contributed by atoms with van der Waals surface area (Å²) in [6.45, 7) is 4.44. The molecule has 0 saturated carbocycles. The number of carboxylic acid groups (broad SMARTS) is 1. The molecule has 0 spiro atoms. The fraction of sp³-hybridized carbons (Fsp3) is 0.250. The van der Waals surface area contributed by atoms with Crippen LogP contribution in [0.4, 0.5) is 0 Å². The molecule has 0 radical (unpaired) electrons. The first-order valence-corrected chi connectivity index (χ1v) is 12.4. The Morgan fingerprint density at radius 1 is 0.971 bits per heavy atom. The lowest BCUT2D eigenvalue weighted by Gasteiger charge is -2.30. The van der Waals surface area contributed by atoms with Crippen LogP contribution in [-0.2, 0) is 11.3 Å². The average molecular weight is 470 g/mol. The van der Waals surface area contributed by atoms with Gasteiger partial charge in [0, 0.05) is 24.2 Å². The fourth-order valence-electron chi connectivity index (χ4n) is 4.71. The third kappa shape index (κ3) is 4.79. The number of aromatic nitrogens is 2. The van der Waals surface area contributed by atoms with Crippen molar-refractivity contribution in [3.63, 3.8) is 0 Å². The monoisotopic (exact) mass is 469 g/mol. The first-order chi connectivity index (χ1) is 16.6. The number of likely N-dealkylation sites (tertiary alicyclic amines) is 1. The summed E-state index contributed by atoms with van der Waals surface area (Å²) in [5, 5.41) is 20.2. The van der Waals surface area contributed by atoms with Crippen LogP contribution < -0.4 is 0 Å². The van der Waals surface area contributed by atoms with Gasteiger partial charge in [-0.1, -0.05) is 78.1 Å². The molecular weight excluding hydrogens is 442 g/mol. The van der Waals surface area contributed by atoms with Crippen molar-refractivity contribution in [2.24, 2.45) is 5.92 Å². The van der Waals surface area contributed by atoms with Crippen LogP contribution in [0.5, 0.6) is 0 Å². The molecule has 0 bridgehead atoms. The SMILES string of the molecule is Cc1c(-c2ccccc2)cccc1-c1nnc(-c2cccc(CN3CCC[C@@H](C(=O)O)C3)c2)s1. The molecule has 1 fully saturated rings. The maximum Gasteiger partial charge on any atom is 0.307 e. The minimum Gasteiger partial charge on any atom is -0.481 e. The van der Waals surface area contributed by atoms with E-state index in [2.05, 4.69) is 82.7 Å². The van der Waals surface area contributed by atoms with Crippen molar-refractivity contribution in [1.29, 1.82) is 0 Å². The lowest BCUT2D eigenvalue weighted by molar-refractivity contribution is -0.143. The van der Waals surface area contributed by atoms with Gasteiger partial charge in [0.1, 0.15) is 10.0 Å². The Labute approximate surface area is 203 Å². The first kappa shape index (κ1) is 22.4. The summed E-state index contributed by atoms with van der Waals surface area (Å²) in [6, 6.07) is 25.1. The van der Waals surface area contributed by atoms with Crippen LogP contribution in [0.2, 0.25) is 0 Å². The molecule has 1 atom stereocenters. The van der Waals surface area contributed by atoms with Gasteiger partial charge >= 0.3 is 5.97 Å². The van der Waals surface area contributed by atoms with Crippen molar-refractivity contribution in [2.45, 2.75) is 26.3 Å². The van der Waals surface area contributed by atoms with E-state index in [0.717, 1.165) is 47.1 Å². The smallest absolute Gasteiger partial charge is 0.307 e. The Kier molecular flexibility index (Phi) is 6.52. The van der Waals surface area contributed by atoms with E-state index in [1.165, 1.54) is 22.3 Å². The Morgan fingerprint density at radius 2 is 1.71 bits per heavy atom. The third-order valence-electron chi connectivity index (χ3n) is 6.51. The standard InChI is InChI=1S/C28H27N3O2S/c1-19-24(21-9-3-2-4-10-21)13-6-14-25(19)27-30-29-26(34-27)22-11-5-8-20(16-22)17-31-15-7-12-23(18-31)28(32)33/h2-6,8-11,13-14,16,23H,7,12,15,17-18H2,1H3,(H,32,33)/t23-/m1/s1. The van der Waals surface area contributed by atoms with Crippen molar-refractivity contribution in [1.82, 2.24) is 15.1 Å². The van der Waals surface area contributed by atoms with Gasteiger partial charge in [-0.25, -0.2) is 0 Å². The van der Waals surface area contributed by atoms with E-state index < -0.39 is 5.97 Å². The molecule has 1 N–H and O–H groups in total. The minimum absolute atomic E-state index is 0.266. The second kappa shape index (κ2) is 9.87. The molecule has 4 aromatic rings. The predicted molar refractivity (Wildman–Crippen MR) is 137 cm³/mol. The van der Waals surface area contributed by atoms with Crippen molar-refractivity contribution >= 4 is 17.3 Å². The zero-order chi connectivity index (χ0) is 23.5. The van der Waals surface area contributed by atoms with Crippen LogP contribution in [-0.4, -0.2) is 39.3 Å². The summed E-state index contributed by atoms with van der Waals surface area (Å²) in [6.07, 6.45) is 1.70. The number of hydrogen-bond acceptors (Lipinski definition) is 5.